The maximum Gasteiger partial charge on any atom is 0.141 e. The summed E-state index contributed by atoms with van der Waals surface area (Å²) in [5.74, 6) is 0.691. The van der Waals surface area contributed by atoms with Crippen LogP contribution in [0.25, 0.3) is 0 Å². The largest absolute Gasteiger partial charge is 0.506 e. The van der Waals surface area contributed by atoms with Gasteiger partial charge in [-0.25, -0.2) is 0 Å². The number of aryl methyl sites for hydroxylation is 1. The third-order valence-electron chi connectivity index (χ3n) is 3.87. The second-order valence-corrected chi connectivity index (χ2v) is 5.15. The number of aromatic nitrogens is 1. The van der Waals surface area contributed by atoms with Crippen LogP contribution in [0.5, 0.6) is 5.75 Å². The first kappa shape index (κ1) is 14.2. The number of aliphatic hydroxyl groups excluding tert-OH is 1. The fourth-order valence-electron chi connectivity index (χ4n) is 2.39. The van der Waals surface area contributed by atoms with Crippen molar-refractivity contribution in [1.29, 1.82) is 0 Å². The second-order valence-electron chi connectivity index (χ2n) is 5.15. The molecule has 0 amide bonds. The summed E-state index contributed by atoms with van der Waals surface area (Å²) in [6.07, 6.45) is 2.69. The molecule has 2 atom stereocenters. The fourth-order valence-corrected chi connectivity index (χ4v) is 2.39. The van der Waals surface area contributed by atoms with Crippen LogP contribution in [-0.2, 0) is 17.9 Å². The Labute approximate surface area is 113 Å². The highest BCUT2D eigenvalue weighted by molar-refractivity contribution is 5.40. The molecular formula is C14H22N2O3. The Balaban J connectivity index is 2.03. The smallest absolute Gasteiger partial charge is 0.141 e. The van der Waals surface area contributed by atoms with Crippen LogP contribution in [0.3, 0.4) is 0 Å². The van der Waals surface area contributed by atoms with Crippen molar-refractivity contribution in [3.05, 3.63) is 23.0 Å². The van der Waals surface area contributed by atoms with E-state index in [1.807, 2.05) is 0 Å². The summed E-state index contributed by atoms with van der Waals surface area (Å²) in [6.45, 7) is 5.93. The first-order valence-electron chi connectivity index (χ1n) is 6.71. The summed E-state index contributed by atoms with van der Waals surface area (Å²) in [5, 5.41) is 22.8. The SMILES string of the molecule is Cc1ncc(CO)c(CNC(C)C2CCOC2)c1O. The van der Waals surface area contributed by atoms with Crippen LogP contribution in [0.4, 0.5) is 0 Å². The van der Waals surface area contributed by atoms with Crippen LogP contribution < -0.4 is 5.32 Å². The Morgan fingerprint density at radius 3 is 3.00 bits per heavy atom. The van der Waals surface area contributed by atoms with Crippen LogP contribution in [0, 0.1) is 12.8 Å². The molecule has 1 saturated heterocycles. The molecule has 1 aromatic heterocycles. The van der Waals surface area contributed by atoms with Gasteiger partial charge in [-0.15, -0.1) is 0 Å². The summed E-state index contributed by atoms with van der Waals surface area (Å²) in [7, 11) is 0. The first-order valence-corrected chi connectivity index (χ1v) is 6.71. The van der Waals surface area contributed by atoms with Crippen LogP contribution in [0.15, 0.2) is 6.20 Å². The first-order chi connectivity index (χ1) is 9.13. The summed E-state index contributed by atoms with van der Waals surface area (Å²) < 4.78 is 5.38. The fraction of sp³-hybridized carbons (Fsp3) is 0.643. The average molecular weight is 266 g/mol. The predicted octanol–water partition coefficient (Wildman–Crippen LogP) is 1.10. The van der Waals surface area contributed by atoms with Gasteiger partial charge in [-0.2, -0.15) is 0 Å². The molecule has 0 radical (unpaired) electrons. The van der Waals surface area contributed by atoms with Crippen molar-refractivity contribution in [3.8, 4) is 5.75 Å². The zero-order valence-corrected chi connectivity index (χ0v) is 11.5. The third-order valence-corrected chi connectivity index (χ3v) is 3.87. The number of rotatable bonds is 5. The van der Waals surface area contributed by atoms with E-state index < -0.39 is 0 Å². The molecule has 5 heteroatoms. The topological polar surface area (TPSA) is 74.6 Å². The number of ether oxygens (including phenoxy) is 1. The van der Waals surface area contributed by atoms with E-state index in [1.165, 1.54) is 0 Å². The van der Waals surface area contributed by atoms with Crippen LogP contribution in [0.2, 0.25) is 0 Å². The number of hydrogen-bond donors (Lipinski definition) is 3. The van der Waals surface area contributed by atoms with Crippen molar-refractivity contribution in [2.24, 2.45) is 5.92 Å². The van der Waals surface area contributed by atoms with E-state index in [-0.39, 0.29) is 12.4 Å². The molecule has 106 valence electrons. The lowest BCUT2D eigenvalue weighted by atomic mass is 10.00. The lowest BCUT2D eigenvalue weighted by molar-refractivity contribution is 0.178. The van der Waals surface area contributed by atoms with Gasteiger partial charge in [0.05, 0.1) is 18.9 Å². The minimum absolute atomic E-state index is 0.112. The molecule has 0 saturated carbocycles. The Morgan fingerprint density at radius 1 is 1.58 bits per heavy atom. The highest BCUT2D eigenvalue weighted by Gasteiger charge is 2.22. The summed E-state index contributed by atoms with van der Waals surface area (Å²) in [5.41, 5.74) is 2.00. The van der Waals surface area contributed by atoms with E-state index >= 15 is 0 Å². The van der Waals surface area contributed by atoms with Gasteiger partial charge in [0, 0.05) is 36.5 Å². The number of hydrogen-bond acceptors (Lipinski definition) is 5. The van der Waals surface area contributed by atoms with E-state index in [0.717, 1.165) is 25.2 Å². The molecule has 19 heavy (non-hydrogen) atoms. The van der Waals surface area contributed by atoms with E-state index in [4.69, 9.17) is 4.74 Å². The van der Waals surface area contributed by atoms with Gasteiger partial charge < -0.3 is 20.3 Å². The number of aliphatic hydroxyl groups is 1. The lowest BCUT2D eigenvalue weighted by Crippen LogP contribution is -2.33. The molecule has 0 aliphatic carbocycles. The average Bonchev–Trinajstić information content (AvgIpc) is 2.94. The van der Waals surface area contributed by atoms with Crippen molar-refractivity contribution >= 4 is 0 Å². The molecule has 2 unspecified atom stereocenters. The van der Waals surface area contributed by atoms with E-state index in [1.54, 1.807) is 13.1 Å². The Kier molecular flexibility index (Phi) is 4.74. The van der Waals surface area contributed by atoms with Crippen LogP contribution >= 0.6 is 0 Å². The Hall–Kier alpha value is -1.17. The standard InChI is InChI=1S/C14H22N2O3/c1-9(11-3-4-19-8-11)16-6-13-12(7-17)5-15-10(2)14(13)18/h5,9,11,16-18H,3-4,6-8H2,1-2H3. The van der Waals surface area contributed by atoms with Crippen molar-refractivity contribution in [1.82, 2.24) is 10.3 Å². The summed E-state index contributed by atoms with van der Waals surface area (Å²) >= 11 is 0. The van der Waals surface area contributed by atoms with Gasteiger partial charge in [-0.3, -0.25) is 4.98 Å². The van der Waals surface area contributed by atoms with E-state index in [0.29, 0.717) is 29.8 Å². The number of pyridine rings is 1. The second kappa shape index (κ2) is 6.32. The Bertz CT molecular complexity index is 431. The van der Waals surface area contributed by atoms with Crippen LogP contribution in [-0.4, -0.2) is 34.5 Å². The van der Waals surface area contributed by atoms with E-state index in [9.17, 15) is 10.2 Å². The molecule has 1 aliphatic rings. The number of nitrogens with one attached hydrogen (secondary N) is 1. The normalized spacial score (nSPS) is 20.7. The number of aromatic hydroxyl groups is 1. The third kappa shape index (κ3) is 3.23. The van der Waals surface area contributed by atoms with Crippen molar-refractivity contribution in [3.63, 3.8) is 0 Å². The highest BCUT2D eigenvalue weighted by atomic mass is 16.5. The van der Waals surface area contributed by atoms with Gasteiger partial charge in [0.1, 0.15) is 5.75 Å². The van der Waals surface area contributed by atoms with Gasteiger partial charge in [0.25, 0.3) is 0 Å². The molecule has 0 spiro atoms. The molecule has 1 fully saturated rings. The van der Waals surface area contributed by atoms with Crippen LogP contribution in [0.1, 0.15) is 30.2 Å². The van der Waals surface area contributed by atoms with Crippen molar-refractivity contribution in [2.75, 3.05) is 13.2 Å². The zero-order chi connectivity index (χ0) is 13.8. The summed E-state index contributed by atoms with van der Waals surface area (Å²) in [4.78, 5) is 4.06. The van der Waals surface area contributed by atoms with Gasteiger partial charge in [-0.05, 0) is 26.2 Å². The molecule has 3 N–H and O–H groups in total. The molecular weight excluding hydrogens is 244 g/mol. The van der Waals surface area contributed by atoms with Gasteiger partial charge in [0.2, 0.25) is 0 Å². The lowest BCUT2D eigenvalue weighted by Gasteiger charge is -2.20. The van der Waals surface area contributed by atoms with Gasteiger partial charge >= 0.3 is 0 Å². The molecule has 1 aromatic rings. The molecule has 1 aliphatic heterocycles. The maximum atomic E-state index is 10.0. The molecule has 2 rings (SSSR count). The predicted molar refractivity (Wildman–Crippen MR) is 71.8 cm³/mol. The molecule has 5 nitrogen and oxygen atoms in total. The van der Waals surface area contributed by atoms with Crippen molar-refractivity contribution < 1.29 is 14.9 Å². The minimum Gasteiger partial charge on any atom is -0.506 e. The zero-order valence-electron chi connectivity index (χ0n) is 11.5. The quantitative estimate of drug-likeness (QED) is 0.744. The van der Waals surface area contributed by atoms with Gasteiger partial charge in [-0.1, -0.05) is 0 Å². The van der Waals surface area contributed by atoms with E-state index in [2.05, 4.69) is 17.2 Å². The minimum atomic E-state index is -0.112. The molecule has 0 bridgehead atoms. The Morgan fingerprint density at radius 2 is 2.37 bits per heavy atom. The monoisotopic (exact) mass is 266 g/mol. The highest BCUT2D eigenvalue weighted by Crippen LogP contribution is 2.24. The molecule has 2 heterocycles. The van der Waals surface area contributed by atoms with Gasteiger partial charge in [0.15, 0.2) is 0 Å². The molecule has 0 aromatic carbocycles. The summed E-state index contributed by atoms with van der Waals surface area (Å²) in [6, 6.07) is 0.321. The number of nitrogens with zero attached hydrogens (tertiary/aromatic N) is 1. The van der Waals surface area contributed by atoms with Crippen molar-refractivity contribution in [2.45, 2.75) is 39.5 Å². The maximum absolute atomic E-state index is 10.0.